The first-order chi connectivity index (χ1) is 9.17. The standard InChI is InChI=1S/C13H24N4O2/c1-4-11-10-12(16-15-11)13(18)14-6-5-7-17(2)8-9-19-3/h10H,4-9H2,1-3H3,(H,14,18)(H,15,16). The van der Waals surface area contributed by atoms with Crippen LogP contribution in [0.5, 0.6) is 0 Å². The third-order valence-corrected chi connectivity index (χ3v) is 2.92. The van der Waals surface area contributed by atoms with E-state index in [1.54, 1.807) is 13.2 Å². The number of nitrogens with one attached hydrogen (secondary N) is 2. The zero-order valence-corrected chi connectivity index (χ0v) is 12.0. The second-order valence-electron chi connectivity index (χ2n) is 4.54. The molecule has 0 radical (unpaired) electrons. The highest BCUT2D eigenvalue weighted by atomic mass is 16.5. The summed E-state index contributed by atoms with van der Waals surface area (Å²) >= 11 is 0. The van der Waals surface area contributed by atoms with Crippen molar-refractivity contribution in [3.8, 4) is 0 Å². The van der Waals surface area contributed by atoms with Crippen LogP contribution in [-0.4, -0.2) is 61.4 Å². The first-order valence-corrected chi connectivity index (χ1v) is 6.67. The molecular weight excluding hydrogens is 244 g/mol. The van der Waals surface area contributed by atoms with Crippen molar-refractivity contribution in [2.45, 2.75) is 19.8 Å². The SMILES string of the molecule is CCc1cc(C(=O)NCCCN(C)CCOC)n[nH]1. The average Bonchev–Trinajstić information content (AvgIpc) is 2.90. The zero-order chi connectivity index (χ0) is 14.1. The van der Waals surface area contributed by atoms with Crippen molar-refractivity contribution in [3.63, 3.8) is 0 Å². The minimum absolute atomic E-state index is 0.115. The van der Waals surface area contributed by atoms with Crippen LogP contribution in [0.2, 0.25) is 0 Å². The highest BCUT2D eigenvalue weighted by molar-refractivity contribution is 5.92. The Morgan fingerprint density at radius 1 is 1.53 bits per heavy atom. The van der Waals surface area contributed by atoms with Gasteiger partial charge in [-0.2, -0.15) is 5.10 Å². The van der Waals surface area contributed by atoms with Gasteiger partial charge in [0.05, 0.1) is 6.61 Å². The Morgan fingerprint density at radius 2 is 2.32 bits per heavy atom. The minimum Gasteiger partial charge on any atom is -0.383 e. The topological polar surface area (TPSA) is 70.2 Å². The van der Waals surface area contributed by atoms with Crippen molar-refractivity contribution in [1.82, 2.24) is 20.4 Å². The molecule has 0 fully saturated rings. The molecule has 0 aliphatic rings. The molecule has 0 aliphatic heterocycles. The molecule has 1 rings (SSSR count). The lowest BCUT2D eigenvalue weighted by molar-refractivity contribution is 0.0946. The number of rotatable bonds is 9. The quantitative estimate of drug-likeness (QED) is 0.646. The number of hydrogen-bond donors (Lipinski definition) is 2. The normalized spacial score (nSPS) is 10.9. The number of likely N-dealkylation sites (N-methyl/N-ethyl adjacent to an activating group) is 1. The predicted octanol–water partition coefficient (Wildman–Crippen LogP) is 0.670. The maximum Gasteiger partial charge on any atom is 0.271 e. The van der Waals surface area contributed by atoms with E-state index in [4.69, 9.17) is 4.74 Å². The summed E-state index contributed by atoms with van der Waals surface area (Å²) in [6.45, 7) is 5.25. The lowest BCUT2D eigenvalue weighted by atomic mass is 10.3. The van der Waals surface area contributed by atoms with E-state index in [1.165, 1.54) is 0 Å². The summed E-state index contributed by atoms with van der Waals surface area (Å²) in [6, 6.07) is 1.79. The van der Waals surface area contributed by atoms with E-state index in [9.17, 15) is 4.79 Å². The van der Waals surface area contributed by atoms with Gasteiger partial charge in [0.2, 0.25) is 0 Å². The summed E-state index contributed by atoms with van der Waals surface area (Å²) in [5.74, 6) is -0.115. The number of H-pyrrole nitrogens is 1. The number of methoxy groups -OCH3 is 1. The number of carbonyl (C=O) groups is 1. The number of hydrogen-bond acceptors (Lipinski definition) is 4. The summed E-state index contributed by atoms with van der Waals surface area (Å²) in [4.78, 5) is 13.9. The maximum absolute atomic E-state index is 11.8. The molecule has 1 aromatic rings. The molecule has 0 aromatic carbocycles. The minimum atomic E-state index is -0.115. The Morgan fingerprint density at radius 3 is 2.95 bits per heavy atom. The molecule has 6 heteroatoms. The van der Waals surface area contributed by atoms with Gasteiger partial charge in [0.15, 0.2) is 0 Å². The molecule has 0 spiro atoms. The molecule has 0 unspecified atom stereocenters. The van der Waals surface area contributed by atoms with Gasteiger partial charge in [-0.05, 0) is 32.5 Å². The van der Waals surface area contributed by atoms with Crippen molar-refractivity contribution in [2.75, 3.05) is 40.4 Å². The molecular formula is C13H24N4O2. The van der Waals surface area contributed by atoms with Crippen molar-refractivity contribution >= 4 is 5.91 Å². The van der Waals surface area contributed by atoms with E-state index in [0.29, 0.717) is 12.2 Å². The van der Waals surface area contributed by atoms with Crippen LogP contribution in [0.4, 0.5) is 0 Å². The van der Waals surface area contributed by atoms with E-state index in [1.807, 2.05) is 14.0 Å². The van der Waals surface area contributed by atoms with Gasteiger partial charge in [-0.25, -0.2) is 0 Å². The fourth-order valence-corrected chi connectivity index (χ4v) is 1.66. The number of ether oxygens (including phenoxy) is 1. The molecule has 2 N–H and O–H groups in total. The van der Waals surface area contributed by atoms with Gasteiger partial charge < -0.3 is 15.0 Å². The lowest BCUT2D eigenvalue weighted by Crippen LogP contribution is -2.29. The van der Waals surface area contributed by atoms with Crippen LogP contribution in [0.25, 0.3) is 0 Å². The van der Waals surface area contributed by atoms with Crippen LogP contribution in [0.15, 0.2) is 6.07 Å². The smallest absolute Gasteiger partial charge is 0.271 e. The number of amides is 1. The highest BCUT2D eigenvalue weighted by Crippen LogP contribution is 1.99. The van der Waals surface area contributed by atoms with Gasteiger partial charge >= 0.3 is 0 Å². The molecule has 0 bridgehead atoms. The third kappa shape index (κ3) is 5.85. The monoisotopic (exact) mass is 268 g/mol. The van der Waals surface area contributed by atoms with Crippen LogP contribution in [0.3, 0.4) is 0 Å². The predicted molar refractivity (Wildman–Crippen MR) is 74.3 cm³/mol. The molecule has 1 heterocycles. The van der Waals surface area contributed by atoms with Gasteiger partial charge in [0.1, 0.15) is 5.69 Å². The Bertz CT molecular complexity index is 378. The van der Waals surface area contributed by atoms with Crippen LogP contribution in [-0.2, 0) is 11.2 Å². The number of aromatic amines is 1. The number of nitrogens with zero attached hydrogens (tertiary/aromatic N) is 2. The second-order valence-corrected chi connectivity index (χ2v) is 4.54. The molecule has 108 valence electrons. The fourth-order valence-electron chi connectivity index (χ4n) is 1.66. The molecule has 0 saturated heterocycles. The van der Waals surface area contributed by atoms with Gasteiger partial charge in [0.25, 0.3) is 5.91 Å². The van der Waals surface area contributed by atoms with Crippen molar-refractivity contribution in [1.29, 1.82) is 0 Å². The van der Waals surface area contributed by atoms with E-state index in [2.05, 4.69) is 20.4 Å². The molecule has 1 aromatic heterocycles. The molecule has 6 nitrogen and oxygen atoms in total. The second kappa shape index (κ2) is 8.66. The van der Waals surface area contributed by atoms with Crippen LogP contribution < -0.4 is 5.32 Å². The molecule has 1 amide bonds. The summed E-state index contributed by atoms with van der Waals surface area (Å²) in [6.07, 6.45) is 1.77. The Balaban J connectivity index is 2.16. The molecule has 0 aliphatic carbocycles. The van der Waals surface area contributed by atoms with E-state index in [-0.39, 0.29) is 5.91 Å². The average molecular weight is 268 g/mol. The zero-order valence-electron chi connectivity index (χ0n) is 12.0. The van der Waals surface area contributed by atoms with Crippen LogP contribution in [0.1, 0.15) is 29.5 Å². The fraction of sp³-hybridized carbons (Fsp3) is 0.692. The summed E-state index contributed by atoms with van der Waals surface area (Å²) < 4.78 is 5.00. The van der Waals surface area contributed by atoms with Crippen LogP contribution >= 0.6 is 0 Å². The van der Waals surface area contributed by atoms with Crippen LogP contribution in [0, 0.1) is 0 Å². The third-order valence-electron chi connectivity index (χ3n) is 2.92. The summed E-state index contributed by atoms with van der Waals surface area (Å²) in [7, 11) is 3.74. The van der Waals surface area contributed by atoms with Crippen molar-refractivity contribution in [3.05, 3.63) is 17.5 Å². The Kier molecular flexibility index (Phi) is 7.14. The maximum atomic E-state index is 11.8. The van der Waals surface area contributed by atoms with Gasteiger partial charge in [-0.1, -0.05) is 6.92 Å². The van der Waals surface area contributed by atoms with Gasteiger partial charge in [0, 0.05) is 25.9 Å². The van der Waals surface area contributed by atoms with Crippen molar-refractivity contribution in [2.24, 2.45) is 0 Å². The van der Waals surface area contributed by atoms with Gasteiger partial charge in [-0.3, -0.25) is 9.89 Å². The number of carbonyl (C=O) groups excluding carboxylic acids is 1. The van der Waals surface area contributed by atoms with E-state index < -0.39 is 0 Å². The van der Waals surface area contributed by atoms with Gasteiger partial charge in [-0.15, -0.1) is 0 Å². The molecule has 19 heavy (non-hydrogen) atoms. The Labute approximate surface area is 114 Å². The summed E-state index contributed by atoms with van der Waals surface area (Å²) in [5, 5.41) is 9.68. The number of aromatic nitrogens is 2. The van der Waals surface area contributed by atoms with E-state index >= 15 is 0 Å². The van der Waals surface area contributed by atoms with E-state index in [0.717, 1.165) is 38.2 Å². The highest BCUT2D eigenvalue weighted by Gasteiger charge is 2.08. The lowest BCUT2D eigenvalue weighted by Gasteiger charge is -2.15. The molecule has 0 saturated carbocycles. The largest absolute Gasteiger partial charge is 0.383 e. The Hall–Kier alpha value is -1.40. The first kappa shape index (κ1) is 15.7. The van der Waals surface area contributed by atoms with Crippen molar-refractivity contribution < 1.29 is 9.53 Å². The summed E-state index contributed by atoms with van der Waals surface area (Å²) in [5.41, 5.74) is 1.44. The number of aryl methyl sites for hydroxylation is 1. The molecule has 0 atom stereocenters. The first-order valence-electron chi connectivity index (χ1n) is 6.67.